The van der Waals surface area contributed by atoms with Crippen LogP contribution in [0.5, 0.6) is 17.2 Å². The number of carbonyl (C=O) groups is 3. The van der Waals surface area contributed by atoms with Crippen LogP contribution in [0.2, 0.25) is 0 Å². The Kier molecular flexibility index (Phi) is 10.9. The fourth-order valence-electron chi connectivity index (χ4n) is 3.29. The number of para-hydroxylation sites is 1. The van der Waals surface area contributed by atoms with Gasteiger partial charge < -0.3 is 24.8 Å². The zero-order valence-corrected chi connectivity index (χ0v) is 22.2. The average Bonchev–Trinajstić information content (AvgIpc) is 2.93. The zero-order chi connectivity index (χ0) is 28.0. The minimum Gasteiger partial charge on any atom is -0.494 e. The Morgan fingerprint density at radius 3 is 2.33 bits per heavy atom. The van der Waals surface area contributed by atoms with Crippen LogP contribution >= 0.6 is 0 Å². The average molecular weight is 533 g/mol. The highest BCUT2D eigenvalue weighted by molar-refractivity contribution is 6.39. The first-order valence-electron chi connectivity index (χ1n) is 12.5. The highest BCUT2D eigenvalue weighted by Gasteiger charge is 2.13. The van der Waals surface area contributed by atoms with Gasteiger partial charge in [-0.25, -0.2) is 5.43 Å². The molecule has 39 heavy (non-hydrogen) atoms. The van der Waals surface area contributed by atoms with Crippen LogP contribution in [0.4, 0.5) is 11.4 Å². The molecule has 3 aromatic rings. The van der Waals surface area contributed by atoms with E-state index in [1.54, 1.807) is 42.5 Å². The first kappa shape index (κ1) is 28.7. The van der Waals surface area contributed by atoms with Crippen LogP contribution in [0.25, 0.3) is 0 Å². The molecule has 0 spiro atoms. The van der Waals surface area contributed by atoms with Crippen molar-refractivity contribution in [3.05, 3.63) is 77.9 Å². The molecule has 204 valence electrons. The van der Waals surface area contributed by atoms with Gasteiger partial charge in [-0.15, -0.1) is 0 Å². The topological polar surface area (TPSA) is 127 Å². The molecule has 3 amide bonds. The van der Waals surface area contributed by atoms with Crippen molar-refractivity contribution in [3.8, 4) is 17.2 Å². The molecule has 0 radical (unpaired) electrons. The first-order chi connectivity index (χ1) is 18.9. The number of hydrogen-bond acceptors (Lipinski definition) is 7. The SMILES string of the molecule is CCCOc1ccc(NC(=O)C(=O)N/N=C\c2ccc(OCC(=O)Nc3ccccc3C)c(OCC)c2)cc1. The molecular formula is C29H32N4O6. The molecule has 0 unspecified atom stereocenters. The third kappa shape index (κ3) is 9.19. The Hall–Kier alpha value is -4.86. The van der Waals surface area contributed by atoms with Crippen LogP contribution in [0, 0.1) is 6.92 Å². The number of carbonyl (C=O) groups excluding carboxylic acids is 3. The second-order valence-electron chi connectivity index (χ2n) is 8.32. The predicted octanol–water partition coefficient (Wildman–Crippen LogP) is 4.29. The van der Waals surface area contributed by atoms with Gasteiger partial charge in [-0.1, -0.05) is 25.1 Å². The molecule has 0 aliphatic heterocycles. The molecule has 0 saturated heterocycles. The molecule has 10 nitrogen and oxygen atoms in total. The summed E-state index contributed by atoms with van der Waals surface area (Å²) in [5.74, 6) is -0.639. The van der Waals surface area contributed by atoms with Crippen LogP contribution in [-0.4, -0.2) is 43.8 Å². The molecule has 10 heteroatoms. The molecule has 0 atom stereocenters. The van der Waals surface area contributed by atoms with Gasteiger partial charge in [-0.05, 0) is 79.9 Å². The van der Waals surface area contributed by atoms with Crippen molar-refractivity contribution >= 4 is 35.3 Å². The lowest BCUT2D eigenvalue weighted by Gasteiger charge is -2.13. The van der Waals surface area contributed by atoms with Crippen molar-refractivity contribution < 1.29 is 28.6 Å². The first-order valence-corrected chi connectivity index (χ1v) is 12.5. The van der Waals surface area contributed by atoms with E-state index in [4.69, 9.17) is 14.2 Å². The van der Waals surface area contributed by atoms with Crippen molar-refractivity contribution in [2.24, 2.45) is 5.10 Å². The molecule has 0 aliphatic rings. The van der Waals surface area contributed by atoms with Crippen molar-refractivity contribution in [1.82, 2.24) is 5.43 Å². The van der Waals surface area contributed by atoms with Gasteiger partial charge in [-0.3, -0.25) is 14.4 Å². The summed E-state index contributed by atoms with van der Waals surface area (Å²) in [6.45, 7) is 6.49. The normalized spacial score (nSPS) is 10.5. The van der Waals surface area contributed by atoms with Crippen LogP contribution in [0.15, 0.2) is 71.8 Å². The maximum atomic E-state index is 12.3. The Morgan fingerprint density at radius 2 is 1.62 bits per heavy atom. The number of nitrogens with one attached hydrogen (secondary N) is 3. The quantitative estimate of drug-likeness (QED) is 0.181. The Bertz CT molecular complexity index is 1310. The predicted molar refractivity (Wildman–Crippen MR) is 150 cm³/mol. The molecule has 0 heterocycles. The lowest BCUT2D eigenvalue weighted by Crippen LogP contribution is -2.32. The summed E-state index contributed by atoms with van der Waals surface area (Å²) in [5, 5.41) is 9.16. The van der Waals surface area contributed by atoms with Crippen molar-refractivity contribution in [2.75, 3.05) is 30.5 Å². The van der Waals surface area contributed by atoms with Crippen LogP contribution < -0.4 is 30.3 Å². The molecule has 3 N–H and O–H groups in total. The number of amides is 3. The number of nitrogens with zero attached hydrogens (tertiary/aromatic N) is 1. The van der Waals surface area contributed by atoms with E-state index in [0.717, 1.165) is 12.0 Å². The van der Waals surface area contributed by atoms with Gasteiger partial charge in [0, 0.05) is 11.4 Å². The standard InChI is InChI=1S/C29H32N4O6/c1-4-16-38-23-13-11-22(12-14-23)31-28(35)29(36)33-30-18-21-10-15-25(26(17-21)37-5-2)39-19-27(34)32-24-9-7-6-8-20(24)3/h6-15,17-18H,4-5,16,19H2,1-3H3,(H,31,35)(H,32,34)(H,33,36)/b30-18-. The highest BCUT2D eigenvalue weighted by Crippen LogP contribution is 2.28. The molecule has 0 saturated carbocycles. The summed E-state index contributed by atoms with van der Waals surface area (Å²) in [6.07, 6.45) is 2.25. The minimum atomic E-state index is -0.929. The fraction of sp³-hybridized carbons (Fsp3) is 0.241. The second-order valence-corrected chi connectivity index (χ2v) is 8.32. The molecule has 0 bridgehead atoms. The zero-order valence-electron chi connectivity index (χ0n) is 22.2. The van der Waals surface area contributed by atoms with Crippen molar-refractivity contribution in [1.29, 1.82) is 0 Å². The largest absolute Gasteiger partial charge is 0.494 e. The highest BCUT2D eigenvalue weighted by atomic mass is 16.5. The van der Waals surface area contributed by atoms with Gasteiger partial charge in [0.1, 0.15) is 5.75 Å². The maximum Gasteiger partial charge on any atom is 0.329 e. The maximum absolute atomic E-state index is 12.3. The van der Waals surface area contributed by atoms with Crippen molar-refractivity contribution in [3.63, 3.8) is 0 Å². The second kappa shape index (κ2) is 14.8. The third-order valence-corrected chi connectivity index (χ3v) is 5.22. The Morgan fingerprint density at radius 1 is 0.846 bits per heavy atom. The molecule has 0 fully saturated rings. The van der Waals surface area contributed by atoms with E-state index >= 15 is 0 Å². The van der Waals surface area contributed by atoms with Gasteiger partial charge in [0.2, 0.25) is 0 Å². The third-order valence-electron chi connectivity index (χ3n) is 5.22. The van der Waals surface area contributed by atoms with E-state index in [2.05, 4.69) is 21.2 Å². The number of ether oxygens (including phenoxy) is 3. The van der Waals surface area contributed by atoms with E-state index < -0.39 is 11.8 Å². The fourth-order valence-corrected chi connectivity index (χ4v) is 3.29. The summed E-state index contributed by atoms with van der Waals surface area (Å²) in [4.78, 5) is 36.6. The molecule has 3 aromatic carbocycles. The molecule has 3 rings (SSSR count). The monoisotopic (exact) mass is 532 g/mol. The van der Waals surface area contributed by atoms with Crippen LogP contribution in [0.1, 0.15) is 31.4 Å². The van der Waals surface area contributed by atoms with E-state index in [1.807, 2.05) is 45.0 Å². The molecule has 0 aliphatic carbocycles. The number of anilines is 2. The van der Waals surface area contributed by atoms with Crippen LogP contribution in [-0.2, 0) is 14.4 Å². The summed E-state index contributed by atoms with van der Waals surface area (Å²) in [6, 6.07) is 19.1. The van der Waals surface area contributed by atoms with E-state index in [1.165, 1.54) is 6.21 Å². The van der Waals surface area contributed by atoms with Gasteiger partial charge in [0.25, 0.3) is 5.91 Å². The van der Waals surface area contributed by atoms with Gasteiger partial charge in [-0.2, -0.15) is 5.10 Å². The van der Waals surface area contributed by atoms with E-state index in [9.17, 15) is 14.4 Å². The summed E-state index contributed by atoms with van der Waals surface area (Å²) in [7, 11) is 0. The van der Waals surface area contributed by atoms with Crippen LogP contribution in [0.3, 0.4) is 0 Å². The number of rotatable bonds is 12. The summed E-state index contributed by atoms with van der Waals surface area (Å²) < 4.78 is 16.8. The van der Waals surface area contributed by atoms with Gasteiger partial charge in [0.15, 0.2) is 18.1 Å². The Balaban J connectivity index is 1.52. The lowest BCUT2D eigenvalue weighted by molar-refractivity contribution is -0.136. The van der Waals surface area contributed by atoms with Gasteiger partial charge >= 0.3 is 11.8 Å². The van der Waals surface area contributed by atoms with E-state index in [0.29, 0.717) is 47.4 Å². The number of hydrazone groups is 1. The Labute approximate surface area is 227 Å². The molecular weight excluding hydrogens is 500 g/mol. The number of benzene rings is 3. The number of hydrogen-bond donors (Lipinski definition) is 3. The van der Waals surface area contributed by atoms with Gasteiger partial charge in [0.05, 0.1) is 19.4 Å². The lowest BCUT2D eigenvalue weighted by atomic mass is 10.2. The summed E-state index contributed by atoms with van der Waals surface area (Å²) >= 11 is 0. The molecule has 0 aromatic heterocycles. The minimum absolute atomic E-state index is 0.207. The van der Waals surface area contributed by atoms with Crippen molar-refractivity contribution in [2.45, 2.75) is 27.2 Å². The smallest absolute Gasteiger partial charge is 0.329 e. The number of aryl methyl sites for hydroxylation is 1. The van der Waals surface area contributed by atoms with E-state index in [-0.39, 0.29) is 12.5 Å². The summed E-state index contributed by atoms with van der Waals surface area (Å²) in [5.41, 5.74) is 4.89.